The van der Waals surface area contributed by atoms with Crippen molar-refractivity contribution in [2.45, 2.75) is 110 Å². The Morgan fingerprint density at radius 1 is 0.878 bits per heavy atom. The first-order valence-corrected chi connectivity index (χ1v) is 17.2. The van der Waals surface area contributed by atoms with E-state index in [2.05, 4.69) is 26.6 Å². The molecule has 0 saturated carbocycles. The number of amides is 5. The third-order valence-electron chi connectivity index (χ3n) is 8.47. The van der Waals surface area contributed by atoms with E-state index in [4.69, 9.17) is 4.74 Å². The summed E-state index contributed by atoms with van der Waals surface area (Å²) in [6, 6.07) is 2.85. The molecule has 6 N–H and O–H groups in total. The standard InChI is InChI=1S/C35H56N6O8/c1-21(2)18-27(40-34(46)30-11-9-17-41(30)23(5)42)32(44)37-16-8-10-26(35(47)48)38-28(19-22(3)4)33(45)39-29(31(43)36-6)20-24-12-14-25(49-7)15-13-24/h12-15,21-22,26-30,38H,8-11,16-20H2,1-7H3,(H,36,43)(H,37,44)(H,39,45)(H,40,46)(H,47,48)/t26-,27+,28+,29+,30+/m1/s1. The number of nitrogens with one attached hydrogen (secondary N) is 5. The second-order valence-electron chi connectivity index (χ2n) is 13.5. The predicted octanol–water partition coefficient (Wildman–Crippen LogP) is 1.36. The Balaban J connectivity index is 2.03. The molecule has 0 unspecified atom stereocenters. The van der Waals surface area contributed by atoms with Crippen molar-refractivity contribution in [2.24, 2.45) is 11.8 Å². The minimum Gasteiger partial charge on any atom is -0.497 e. The Labute approximate surface area is 289 Å². The molecule has 1 heterocycles. The normalized spacial score (nSPS) is 16.8. The summed E-state index contributed by atoms with van der Waals surface area (Å²) in [6.07, 6.45) is 2.59. The Bertz CT molecular complexity index is 1270. The molecular weight excluding hydrogens is 632 g/mol. The van der Waals surface area contributed by atoms with Crippen LogP contribution in [0.5, 0.6) is 5.75 Å². The number of likely N-dealkylation sites (N-methyl/N-ethyl adjacent to an activating group) is 1. The van der Waals surface area contributed by atoms with Gasteiger partial charge in [-0.05, 0) is 68.1 Å². The summed E-state index contributed by atoms with van der Waals surface area (Å²) in [5.41, 5.74) is 0.806. The van der Waals surface area contributed by atoms with E-state index in [1.165, 1.54) is 18.9 Å². The van der Waals surface area contributed by atoms with Gasteiger partial charge in [0.05, 0.1) is 13.2 Å². The van der Waals surface area contributed by atoms with Crippen molar-refractivity contribution >= 4 is 35.5 Å². The monoisotopic (exact) mass is 688 g/mol. The average Bonchev–Trinajstić information content (AvgIpc) is 3.55. The molecule has 49 heavy (non-hydrogen) atoms. The highest BCUT2D eigenvalue weighted by molar-refractivity contribution is 5.92. The predicted molar refractivity (Wildman–Crippen MR) is 185 cm³/mol. The van der Waals surface area contributed by atoms with Gasteiger partial charge in [0.15, 0.2) is 0 Å². The lowest BCUT2D eigenvalue weighted by atomic mass is 9.99. The number of aliphatic carboxylic acids is 1. The van der Waals surface area contributed by atoms with E-state index in [9.17, 15) is 33.9 Å². The molecule has 1 aliphatic rings. The number of ether oxygens (including phenoxy) is 1. The van der Waals surface area contributed by atoms with Gasteiger partial charge in [-0.3, -0.25) is 34.1 Å². The first kappa shape index (κ1) is 41.0. The zero-order valence-corrected chi connectivity index (χ0v) is 30.0. The van der Waals surface area contributed by atoms with Gasteiger partial charge >= 0.3 is 5.97 Å². The van der Waals surface area contributed by atoms with E-state index < -0.39 is 42.1 Å². The Morgan fingerprint density at radius 3 is 2.06 bits per heavy atom. The second-order valence-corrected chi connectivity index (χ2v) is 13.5. The van der Waals surface area contributed by atoms with Crippen LogP contribution < -0.4 is 31.3 Å². The number of hydrogen-bond donors (Lipinski definition) is 6. The number of rotatable bonds is 20. The molecule has 2 rings (SSSR count). The first-order valence-electron chi connectivity index (χ1n) is 17.2. The van der Waals surface area contributed by atoms with Gasteiger partial charge in [0, 0.05) is 33.5 Å². The third kappa shape index (κ3) is 13.7. The van der Waals surface area contributed by atoms with Crippen molar-refractivity contribution in [1.29, 1.82) is 0 Å². The number of likely N-dealkylation sites (tertiary alicyclic amines) is 1. The van der Waals surface area contributed by atoms with Gasteiger partial charge in [0.1, 0.15) is 29.9 Å². The smallest absolute Gasteiger partial charge is 0.320 e. The molecular formula is C35H56N6O8. The van der Waals surface area contributed by atoms with Gasteiger partial charge in [0.2, 0.25) is 29.5 Å². The third-order valence-corrected chi connectivity index (χ3v) is 8.47. The van der Waals surface area contributed by atoms with Crippen LogP contribution >= 0.6 is 0 Å². The van der Waals surface area contributed by atoms with E-state index >= 15 is 0 Å². The molecule has 1 fully saturated rings. The lowest BCUT2D eigenvalue weighted by Gasteiger charge is -2.27. The van der Waals surface area contributed by atoms with Crippen molar-refractivity contribution in [2.75, 3.05) is 27.2 Å². The molecule has 0 aliphatic carbocycles. The van der Waals surface area contributed by atoms with E-state index in [1.54, 1.807) is 31.4 Å². The Morgan fingerprint density at radius 2 is 1.51 bits per heavy atom. The SMILES string of the molecule is CNC(=O)[C@H](Cc1ccc(OC)cc1)NC(=O)[C@H](CC(C)C)N[C@H](CCCNC(=O)[C@H](CC(C)C)NC(=O)[C@@H]1CCCN1C(C)=O)C(=O)O. The van der Waals surface area contributed by atoms with E-state index in [-0.39, 0.29) is 61.3 Å². The molecule has 1 aliphatic heterocycles. The van der Waals surface area contributed by atoms with Crippen LogP contribution in [0.3, 0.4) is 0 Å². The average molecular weight is 689 g/mol. The summed E-state index contributed by atoms with van der Waals surface area (Å²) < 4.78 is 5.19. The van der Waals surface area contributed by atoms with Gasteiger partial charge in [-0.1, -0.05) is 39.8 Å². The van der Waals surface area contributed by atoms with Crippen molar-refractivity contribution < 1.29 is 38.6 Å². The molecule has 0 spiro atoms. The van der Waals surface area contributed by atoms with Crippen LogP contribution in [0.2, 0.25) is 0 Å². The zero-order chi connectivity index (χ0) is 36.7. The number of hydrogen-bond acceptors (Lipinski definition) is 8. The van der Waals surface area contributed by atoms with Crippen LogP contribution in [0, 0.1) is 11.8 Å². The van der Waals surface area contributed by atoms with Gasteiger partial charge in [-0.2, -0.15) is 0 Å². The number of benzene rings is 1. The maximum atomic E-state index is 13.5. The number of carbonyl (C=O) groups excluding carboxylic acids is 5. The van der Waals surface area contributed by atoms with E-state index in [0.717, 1.165) is 12.0 Å². The van der Waals surface area contributed by atoms with Crippen molar-refractivity contribution in [1.82, 2.24) is 31.5 Å². The molecule has 0 radical (unpaired) electrons. The summed E-state index contributed by atoms with van der Waals surface area (Å²) >= 11 is 0. The minimum absolute atomic E-state index is 0.0388. The molecule has 0 aromatic heterocycles. The molecule has 1 aromatic rings. The summed E-state index contributed by atoms with van der Waals surface area (Å²) in [7, 11) is 3.04. The van der Waals surface area contributed by atoms with Gasteiger partial charge in [-0.15, -0.1) is 0 Å². The minimum atomic E-state index is -1.15. The van der Waals surface area contributed by atoms with Gasteiger partial charge in [0.25, 0.3) is 0 Å². The van der Waals surface area contributed by atoms with Crippen LogP contribution in [0.15, 0.2) is 24.3 Å². The molecule has 5 atom stereocenters. The van der Waals surface area contributed by atoms with Crippen LogP contribution in [-0.2, 0) is 35.2 Å². The molecule has 274 valence electrons. The van der Waals surface area contributed by atoms with Crippen molar-refractivity contribution in [3.05, 3.63) is 29.8 Å². The lowest BCUT2D eigenvalue weighted by molar-refractivity contribution is -0.140. The van der Waals surface area contributed by atoms with Crippen LogP contribution in [0.25, 0.3) is 0 Å². The maximum Gasteiger partial charge on any atom is 0.320 e. The molecule has 0 bridgehead atoms. The number of carboxylic acids is 1. The van der Waals surface area contributed by atoms with E-state index in [0.29, 0.717) is 31.6 Å². The fourth-order valence-corrected chi connectivity index (χ4v) is 5.92. The van der Waals surface area contributed by atoms with Gasteiger partial charge < -0.3 is 36.0 Å². The van der Waals surface area contributed by atoms with Crippen molar-refractivity contribution in [3.63, 3.8) is 0 Å². The van der Waals surface area contributed by atoms with Gasteiger partial charge in [-0.25, -0.2) is 0 Å². The first-order chi connectivity index (χ1) is 23.2. The summed E-state index contributed by atoms with van der Waals surface area (Å²) in [5, 5.41) is 24.0. The van der Waals surface area contributed by atoms with E-state index in [1.807, 2.05) is 27.7 Å². The Kier molecular flexibility index (Phi) is 17.0. The highest BCUT2D eigenvalue weighted by atomic mass is 16.5. The summed E-state index contributed by atoms with van der Waals surface area (Å²) in [4.78, 5) is 78.1. The highest BCUT2D eigenvalue weighted by Gasteiger charge is 2.35. The molecule has 14 nitrogen and oxygen atoms in total. The fraction of sp³-hybridized carbons (Fsp3) is 0.657. The topological polar surface area (TPSA) is 195 Å². The van der Waals surface area contributed by atoms with Crippen LogP contribution in [0.1, 0.15) is 78.7 Å². The number of methoxy groups -OCH3 is 1. The largest absolute Gasteiger partial charge is 0.497 e. The summed E-state index contributed by atoms with van der Waals surface area (Å²) in [6.45, 7) is 9.78. The highest BCUT2D eigenvalue weighted by Crippen LogP contribution is 2.18. The van der Waals surface area contributed by atoms with Crippen molar-refractivity contribution in [3.8, 4) is 5.75 Å². The molecule has 1 saturated heterocycles. The quantitative estimate of drug-likeness (QED) is 0.110. The Hall–Kier alpha value is -4.20. The number of carboxylic acid groups (broad SMARTS) is 1. The molecule has 5 amide bonds. The van der Waals surface area contributed by atoms with Crippen LogP contribution in [-0.4, -0.2) is 103 Å². The zero-order valence-electron chi connectivity index (χ0n) is 30.0. The number of carbonyl (C=O) groups is 6. The summed E-state index contributed by atoms with van der Waals surface area (Å²) in [5.74, 6) is -2.15. The number of nitrogens with zero attached hydrogens (tertiary/aromatic N) is 1. The molecule has 1 aromatic carbocycles. The molecule has 14 heteroatoms. The maximum absolute atomic E-state index is 13.5. The fourth-order valence-electron chi connectivity index (χ4n) is 5.92. The van der Waals surface area contributed by atoms with Crippen LogP contribution in [0.4, 0.5) is 0 Å². The lowest BCUT2D eigenvalue weighted by Crippen LogP contribution is -2.56. The second kappa shape index (κ2) is 20.3.